The molecule has 0 bridgehead atoms. The predicted octanol–water partition coefficient (Wildman–Crippen LogP) is 3.66. The molecule has 0 unspecified atom stereocenters. The fourth-order valence-electron chi connectivity index (χ4n) is 3.95. The smallest absolute Gasteiger partial charge is 0.222 e. The van der Waals surface area contributed by atoms with Crippen LogP contribution >= 0.6 is 0 Å². The average molecular weight is 421 g/mol. The van der Waals surface area contributed by atoms with E-state index in [-0.39, 0.29) is 11.7 Å². The zero-order chi connectivity index (χ0) is 21.6. The number of carbonyl (C=O) groups is 2. The van der Waals surface area contributed by atoms with Gasteiger partial charge in [-0.15, -0.1) is 0 Å². The number of nitrogens with one attached hydrogen (secondary N) is 1. The normalized spacial score (nSPS) is 14.5. The van der Waals surface area contributed by atoms with E-state index in [0.717, 1.165) is 48.8 Å². The van der Waals surface area contributed by atoms with Crippen molar-refractivity contribution in [3.05, 3.63) is 54.1 Å². The van der Waals surface area contributed by atoms with Crippen LogP contribution in [-0.2, 0) is 4.79 Å². The van der Waals surface area contributed by atoms with Gasteiger partial charge in [0.05, 0.1) is 18.1 Å². The van der Waals surface area contributed by atoms with E-state index in [9.17, 15) is 9.59 Å². The minimum absolute atomic E-state index is 0.0578. The van der Waals surface area contributed by atoms with E-state index in [2.05, 4.69) is 14.9 Å². The maximum Gasteiger partial charge on any atom is 0.222 e. The fraction of sp³-hybridized carbons (Fsp3) is 0.375. The van der Waals surface area contributed by atoms with E-state index in [1.165, 1.54) is 0 Å². The number of imidazole rings is 1. The second-order valence-corrected chi connectivity index (χ2v) is 7.80. The molecule has 1 fully saturated rings. The molecule has 0 atom stereocenters. The monoisotopic (exact) mass is 420 g/mol. The number of hydrogen-bond acceptors (Lipinski definition) is 5. The summed E-state index contributed by atoms with van der Waals surface area (Å²) in [6, 6.07) is 15.1. The standard InChI is InChI=1S/C24H28N4O3/c1-31-19-12-10-18(11-13-19)22(29)8-4-9-23(30)27-14-5-15-28(17-16-27)24-25-20-6-2-3-7-21(20)26-24/h2-3,6-7,10-13H,4-5,8-9,14-17H2,1H3,(H,25,26). The Bertz CT molecular complexity index is 1010. The summed E-state index contributed by atoms with van der Waals surface area (Å²) in [5, 5.41) is 0. The van der Waals surface area contributed by atoms with Crippen molar-refractivity contribution in [1.82, 2.24) is 14.9 Å². The largest absolute Gasteiger partial charge is 0.497 e. The number of ether oxygens (including phenoxy) is 1. The van der Waals surface area contributed by atoms with Crippen LogP contribution < -0.4 is 9.64 Å². The van der Waals surface area contributed by atoms with Crippen LogP contribution in [0.15, 0.2) is 48.5 Å². The number of Topliss-reactive ketones (excluding diaryl/α,β-unsaturated/α-hetero) is 1. The van der Waals surface area contributed by atoms with Gasteiger partial charge in [-0.25, -0.2) is 4.98 Å². The van der Waals surface area contributed by atoms with Gasteiger partial charge in [-0.05, 0) is 49.2 Å². The molecule has 1 aliphatic rings. The van der Waals surface area contributed by atoms with Gasteiger partial charge in [0.25, 0.3) is 0 Å². The van der Waals surface area contributed by atoms with Crippen molar-refractivity contribution < 1.29 is 14.3 Å². The van der Waals surface area contributed by atoms with Crippen molar-refractivity contribution in [3.8, 4) is 5.75 Å². The number of fused-ring (bicyclic) bond motifs is 1. The summed E-state index contributed by atoms with van der Waals surface area (Å²) < 4.78 is 5.12. The number of para-hydroxylation sites is 2. The Morgan fingerprint density at radius 2 is 1.81 bits per heavy atom. The first kappa shape index (κ1) is 20.9. The molecule has 0 saturated carbocycles. The molecule has 1 N–H and O–H groups in total. The van der Waals surface area contributed by atoms with Crippen molar-refractivity contribution in [2.24, 2.45) is 0 Å². The summed E-state index contributed by atoms with van der Waals surface area (Å²) in [4.78, 5) is 37.2. The number of hydrogen-bond donors (Lipinski definition) is 1. The van der Waals surface area contributed by atoms with E-state index in [1.54, 1.807) is 31.4 Å². The summed E-state index contributed by atoms with van der Waals surface area (Å²) in [6.45, 7) is 3.01. The predicted molar refractivity (Wildman–Crippen MR) is 121 cm³/mol. The third-order valence-corrected chi connectivity index (χ3v) is 5.73. The Labute approximate surface area is 182 Å². The van der Waals surface area contributed by atoms with Crippen molar-refractivity contribution in [1.29, 1.82) is 0 Å². The molecule has 162 valence electrons. The first-order valence-electron chi connectivity index (χ1n) is 10.8. The first-order chi connectivity index (χ1) is 15.1. The Kier molecular flexibility index (Phi) is 6.50. The Morgan fingerprint density at radius 1 is 1.00 bits per heavy atom. The van der Waals surface area contributed by atoms with E-state index < -0.39 is 0 Å². The zero-order valence-corrected chi connectivity index (χ0v) is 17.8. The molecule has 4 rings (SSSR count). The summed E-state index contributed by atoms with van der Waals surface area (Å²) in [7, 11) is 1.60. The second-order valence-electron chi connectivity index (χ2n) is 7.80. The van der Waals surface area contributed by atoms with Crippen LogP contribution in [0.3, 0.4) is 0 Å². The summed E-state index contributed by atoms with van der Waals surface area (Å²) in [6.07, 6.45) is 2.23. The highest BCUT2D eigenvalue weighted by Crippen LogP contribution is 2.19. The maximum atomic E-state index is 12.7. The van der Waals surface area contributed by atoms with Crippen molar-refractivity contribution >= 4 is 28.7 Å². The van der Waals surface area contributed by atoms with Gasteiger partial charge < -0.3 is 19.5 Å². The van der Waals surface area contributed by atoms with E-state index in [1.807, 2.05) is 29.2 Å². The molecule has 0 spiro atoms. The van der Waals surface area contributed by atoms with Gasteiger partial charge in [0.1, 0.15) is 5.75 Å². The lowest BCUT2D eigenvalue weighted by molar-refractivity contribution is -0.131. The Morgan fingerprint density at radius 3 is 2.58 bits per heavy atom. The number of H-pyrrole nitrogens is 1. The third-order valence-electron chi connectivity index (χ3n) is 5.73. The van der Waals surface area contributed by atoms with Crippen LogP contribution in [0.25, 0.3) is 11.0 Å². The van der Waals surface area contributed by atoms with Crippen LogP contribution in [0.1, 0.15) is 36.0 Å². The molecule has 1 amide bonds. The minimum atomic E-state index is 0.0578. The molecule has 7 nitrogen and oxygen atoms in total. The number of methoxy groups -OCH3 is 1. The molecule has 2 heterocycles. The SMILES string of the molecule is COc1ccc(C(=O)CCCC(=O)N2CCCN(c3nc4ccccc4[nH]3)CC2)cc1. The molecule has 0 radical (unpaired) electrons. The van der Waals surface area contributed by atoms with Crippen molar-refractivity contribution in [2.75, 3.05) is 38.2 Å². The third kappa shape index (κ3) is 5.05. The van der Waals surface area contributed by atoms with Gasteiger partial charge in [0.15, 0.2) is 5.78 Å². The Hall–Kier alpha value is -3.35. The average Bonchev–Trinajstić information content (AvgIpc) is 3.08. The van der Waals surface area contributed by atoms with Crippen LogP contribution in [0.5, 0.6) is 5.75 Å². The van der Waals surface area contributed by atoms with Gasteiger partial charge in [0.2, 0.25) is 11.9 Å². The van der Waals surface area contributed by atoms with Gasteiger partial charge in [-0.3, -0.25) is 9.59 Å². The number of anilines is 1. The Balaban J connectivity index is 1.26. The van der Waals surface area contributed by atoms with Gasteiger partial charge in [-0.2, -0.15) is 0 Å². The van der Waals surface area contributed by atoms with Crippen LogP contribution in [0.4, 0.5) is 5.95 Å². The van der Waals surface area contributed by atoms with Gasteiger partial charge in [0, 0.05) is 44.6 Å². The molecule has 31 heavy (non-hydrogen) atoms. The highest BCUT2D eigenvalue weighted by molar-refractivity contribution is 5.96. The molecular formula is C24H28N4O3. The van der Waals surface area contributed by atoms with Crippen LogP contribution in [-0.4, -0.2) is 59.8 Å². The minimum Gasteiger partial charge on any atom is -0.497 e. The van der Waals surface area contributed by atoms with Gasteiger partial charge in [-0.1, -0.05) is 12.1 Å². The number of nitrogens with zero attached hydrogens (tertiary/aromatic N) is 3. The van der Waals surface area contributed by atoms with Gasteiger partial charge >= 0.3 is 0 Å². The topological polar surface area (TPSA) is 78.5 Å². The number of carbonyl (C=O) groups excluding carboxylic acids is 2. The fourth-order valence-corrected chi connectivity index (χ4v) is 3.95. The summed E-state index contributed by atoms with van der Waals surface area (Å²) in [5.41, 5.74) is 2.64. The lowest BCUT2D eigenvalue weighted by atomic mass is 10.1. The van der Waals surface area contributed by atoms with Crippen LogP contribution in [0, 0.1) is 0 Å². The lowest BCUT2D eigenvalue weighted by Gasteiger charge is -2.21. The molecule has 7 heteroatoms. The highest BCUT2D eigenvalue weighted by atomic mass is 16.5. The molecule has 0 aliphatic carbocycles. The lowest BCUT2D eigenvalue weighted by Crippen LogP contribution is -2.35. The quantitative estimate of drug-likeness (QED) is 0.590. The molecule has 3 aromatic rings. The van der Waals surface area contributed by atoms with E-state index in [4.69, 9.17) is 4.74 Å². The molecular weight excluding hydrogens is 392 g/mol. The number of rotatable bonds is 7. The number of aromatic amines is 1. The number of ketones is 1. The number of amides is 1. The van der Waals surface area contributed by atoms with Crippen molar-refractivity contribution in [2.45, 2.75) is 25.7 Å². The molecule has 1 saturated heterocycles. The highest BCUT2D eigenvalue weighted by Gasteiger charge is 2.21. The summed E-state index contributed by atoms with van der Waals surface area (Å²) >= 11 is 0. The van der Waals surface area contributed by atoms with Crippen molar-refractivity contribution in [3.63, 3.8) is 0 Å². The van der Waals surface area contributed by atoms with E-state index >= 15 is 0 Å². The molecule has 1 aliphatic heterocycles. The zero-order valence-electron chi connectivity index (χ0n) is 17.8. The number of aromatic nitrogens is 2. The molecule has 2 aromatic carbocycles. The second kappa shape index (κ2) is 9.64. The van der Waals surface area contributed by atoms with Crippen LogP contribution in [0.2, 0.25) is 0 Å². The number of benzene rings is 2. The van der Waals surface area contributed by atoms with E-state index in [0.29, 0.717) is 31.4 Å². The molecule has 1 aromatic heterocycles. The summed E-state index contributed by atoms with van der Waals surface area (Å²) in [5.74, 6) is 1.77. The first-order valence-corrected chi connectivity index (χ1v) is 10.8. The maximum absolute atomic E-state index is 12.7.